The molecule has 3 heteroatoms. The van der Waals surface area contributed by atoms with Crippen molar-refractivity contribution in [1.29, 1.82) is 0 Å². The van der Waals surface area contributed by atoms with Crippen molar-refractivity contribution in [3.8, 4) is 0 Å². The summed E-state index contributed by atoms with van der Waals surface area (Å²) in [7, 11) is 0. The summed E-state index contributed by atoms with van der Waals surface area (Å²) in [5.41, 5.74) is 5.88. The average molecular weight is 432 g/mol. The number of benzene rings is 1. The van der Waals surface area contributed by atoms with Crippen LogP contribution in [-0.2, 0) is 26.2 Å². The molecule has 26 heavy (non-hydrogen) atoms. The smallest absolute Gasteiger partial charge is 0.677 e. The van der Waals surface area contributed by atoms with Crippen LogP contribution in [0.3, 0.4) is 0 Å². The van der Waals surface area contributed by atoms with Gasteiger partial charge in [-0.25, -0.2) is 0 Å². The maximum Gasteiger partial charge on any atom is 4.00 e. The number of nitrogens with zero attached hydrogens (tertiary/aromatic N) is 2. The van der Waals surface area contributed by atoms with Gasteiger partial charge >= 0.3 is 26.2 Å². The first kappa shape index (κ1) is 29.8. The van der Waals surface area contributed by atoms with Crippen molar-refractivity contribution >= 4 is 5.69 Å². The molecule has 0 bridgehead atoms. The first-order valence-corrected chi connectivity index (χ1v) is 8.17. The van der Waals surface area contributed by atoms with E-state index in [0.717, 1.165) is 17.1 Å². The van der Waals surface area contributed by atoms with Crippen LogP contribution in [0.15, 0.2) is 36.4 Å². The molecule has 1 aromatic heterocycles. The Morgan fingerprint density at radius 2 is 1.23 bits per heavy atom. The van der Waals surface area contributed by atoms with E-state index in [9.17, 15) is 0 Å². The predicted octanol–water partition coefficient (Wildman–Crippen LogP) is 7.75. The molecule has 0 aliphatic carbocycles. The Bertz CT molecular complexity index is 610. The largest absolute Gasteiger partial charge is 4.00 e. The van der Waals surface area contributed by atoms with Crippen molar-refractivity contribution in [2.24, 2.45) is 0 Å². The summed E-state index contributed by atoms with van der Waals surface area (Å²) >= 11 is 0. The standard InChI is InChI=1S/C20H27N2.3CH3.Zr/c1-13(2)17-10-8-11-18(14(3)4)20(17)22-16(6)19-12-7-9-15(5)21-19;;;;/h7-14,16H,1-6H3;3*1H3;/q4*-1;+4. The molecular formula is C23H36N2Zr. The molecule has 0 radical (unpaired) electrons. The van der Waals surface area contributed by atoms with Gasteiger partial charge in [-0.05, 0) is 30.9 Å². The molecule has 1 heterocycles. The molecule has 0 saturated heterocycles. The number of para-hydroxylation sites is 1. The summed E-state index contributed by atoms with van der Waals surface area (Å²) in [5, 5.41) is 5.05. The molecule has 0 spiro atoms. The van der Waals surface area contributed by atoms with Crippen molar-refractivity contribution < 1.29 is 26.2 Å². The molecule has 0 N–H and O–H groups in total. The van der Waals surface area contributed by atoms with Crippen molar-refractivity contribution in [2.45, 2.75) is 59.4 Å². The van der Waals surface area contributed by atoms with Crippen LogP contribution in [0.1, 0.15) is 75.0 Å². The fraction of sp³-hybridized carbons (Fsp3) is 0.391. The predicted molar refractivity (Wildman–Crippen MR) is 114 cm³/mol. The van der Waals surface area contributed by atoms with Gasteiger partial charge in [-0.3, -0.25) is 4.98 Å². The van der Waals surface area contributed by atoms with Crippen molar-refractivity contribution in [2.75, 3.05) is 0 Å². The zero-order valence-electron chi connectivity index (χ0n) is 18.1. The van der Waals surface area contributed by atoms with Crippen LogP contribution < -0.4 is 0 Å². The third-order valence-electron chi connectivity index (χ3n) is 4.00. The Kier molecular flexibility index (Phi) is 15.2. The van der Waals surface area contributed by atoms with E-state index in [1.165, 1.54) is 11.1 Å². The van der Waals surface area contributed by atoms with E-state index in [0.29, 0.717) is 11.8 Å². The molecule has 0 saturated carbocycles. The number of pyridine rings is 1. The van der Waals surface area contributed by atoms with Crippen LogP contribution in [-0.4, -0.2) is 4.98 Å². The van der Waals surface area contributed by atoms with Gasteiger partial charge in [0.05, 0.1) is 0 Å². The van der Waals surface area contributed by atoms with Gasteiger partial charge in [0, 0.05) is 11.4 Å². The molecule has 0 aliphatic rings. The van der Waals surface area contributed by atoms with Crippen molar-refractivity contribution in [3.05, 3.63) is 86.5 Å². The Hall–Kier alpha value is -0.947. The molecule has 0 amide bonds. The van der Waals surface area contributed by atoms with Gasteiger partial charge in [-0.15, -0.1) is 5.69 Å². The van der Waals surface area contributed by atoms with Gasteiger partial charge in [0.1, 0.15) is 0 Å². The molecule has 2 rings (SSSR count). The van der Waals surface area contributed by atoms with Crippen molar-refractivity contribution in [3.63, 3.8) is 0 Å². The summed E-state index contributed by atoms with van der Waals surface area (Å²) in [4.78, 5) is 4.62. The van der Waals surface area contributed by atoms with Crippen molar-refractivity contribution in [1.82, 2.24) is 4.98 Å². The van der Waals surface area contributed by atoms with Gasteiger partial charge < -0.3 is 27.6 Å². The van der Waals surface area contributed by atoms with E-state index in [-0.39, 0.29) is 54.5 Å². The minimum absolute atomic E-state index is 0. The monoisotopic (exact) mass is 430 g/mol. The van der Waals surface area contributed by atoms with E-state index >= 15 is 0 Å². The first-order chi connectivity index (χ1) is 10.4. The van der Waals surface area contributed by atoms with Gasteiger partial charge in [0.2, 0.25) is 0 Å². The van der Waals surface area contributed by atoms with Crippen LogP contribution in [0.2, 0.25) is 0 Å². The van der Waals surface area contributed by atoms with Crippen LogP contribution in [0, 0.1) is 29.2 Å². The van der Waals surface area contributed by atoms with Crippen LogP contribution >= 0.6 is 0 Å². The number of aromatic nitrogens is 1. The Labute approximate surface area is 182 Å². The van der Waals surface area contributed by atoms with Crippen LogP contribution in [0.4, 0.5) is 5.69 Å². The van der Waals surface area contributed by atoms with Gasteiger partial charge in [0.25, 0.3) is 0 Å². The van der Waals surface area contributed by atoms with E-state index < -0.39 is 0 Å². The third kappa shape index (κ3) is 7.35. The number of hydrogen-bond donors (Lipinski definition) is 0. The fourth-order valence-electron chi connectivity index (χ4n) is 2.72. The summed E-state index contributed by atoms with van der Waals surface area (Å²) in [6.45, 7) is 13.1. The summed E-state index contributed by atoms with van der Waals surface area (Å²) in [6.07, 6.45) is 0. The molecular weight excluding hydrogens is 395 g/mol. The molecule has 2 nitrogen and oxygen atoms in total. The normalized spacial score (nSPS) is 10.8. The SMILES string of the molecule is Cc1cccc(C(C)[N-]c2c(C(C)C)cccc2C(C)C)n1.[CH3-].[CH3-].[CH3-].[Zr+4]. The molecule has 1 unspecified atom stereocenters. The summed E-state index contributed by atoms with van der Waals surface area (Å²) < 4.78 is 0. The van der Waals surface area contributed by atoms with E-state index in [1.54, 1.807) is 0 Å². The topological polar surface area (TPSA) is 27.0 Å². The second-order valence-corrected chi connectivity index (χ2v) is 6.60. The van der Waals surface area contributed by atoms with Crippen LogP contribution in [0.5, 0.6) is 0 Å². The van der Waals surface area contributed by atoms with E-state index in [2.05, 4.69) is 69.9 Å². The molecule has 142 valence electrons. The zero-order valence-corrected chi connectivity index (χ0v) is 20.5. The Morgan fingerprint density at radius 3 is 1.65 bits per heavy atom. The summed E-state index contributed by atoms with van der Waals surface area (Å²) in [5.74, 6) is 0.935. The van der Waals surface area contributed by atoms with E-state index in [1.807, 2.05) is 13.0 Å². The Morgan fingerprint density at radius 1 is 0.769 bits per heavy atom. The fourth-order valence-corrected chi connectivity index (χ4v) is 2.72. The van der Waals surface area contributed by atoms with Gasteiger partial charge in [-0.1, -0.05) is 76.1 Å². The minimum atomic E-state index is 0. The zero-order chi connectivity index (χ0) is 16.3. The molecule has 0 fully saturated rings. The first-order valence-electron chi connectivity index (χ1n) is 8.17. The number of aryl methyl sites for hydroxylation is 1. The summed E-state index contributed by atoms with van der Waals surface area (Å²) in [6, 6.07) is 12.8. The second kappa shape index (κ2) is 13.3. The Balaban J connectivity index is -0.00000132. The van der Waals surface area contributed by atoms with Gasteiger partial charge in [-0.2, -0.15) is 0 Å². The van der Waals surface area contributed by atoms with E-state index in [4.69, 9.17) is 5.32 Å². The minimum Gasteiger partial charge on any atom is -0.677 e. The maximum absolute atomic E-state index is 5.05. The molecule has 0 aliphatic heterocycles. The molecule has 1 aromatic carbocycles. The van der Waals surface area contributed by atoms with Gasteiger partial charge in [0.15, 0.2) is 0 Å². The second-order valence-electron chi connectivity index (χ2n) is 6.60. The molecule has 1 atom stereocenters. The molecule has 2 aromatic rings. The third-order valence-corrected chi connectivity index (χ3v) is 4.00. The number of rotatable bonds is 5. The quantitative estimate of drug-likeness (QED) is 0.444. The average Bonchev–Trinajstić information content (AvgIpc) is 2.46. The van der Waals surface area contributed by atoms with Crippen LogP contribution in [0.25, 0.3) is 5.32 Å². The maximum atomic E-state index is 5.05. The number of hydrogen-bond acceptors (Lipinski definition) is 1.